The highest BCUT2D eigenvalue weighted by molar-refractivity contribution is 7.12. The zero-order valence-corrected chi connectivity index (χ0v) is 15.9. The Morgan fingerprint density at radius 1 is 1.12 bits per heavy atom. The highest BCUT2D eigenvalue weighted by Crippen LogP contribution is 2.44. The average molecular weight is 379 g/mol. The maximum atomic E-state index is 13.1. The van der Waals surface area contributed by atoms with Crippen LogP contribution in [-0.4, -0.2) is 29.4 Å². The number of ether oxygens (including phenoxy) is 2. The first-order valence-corrected chi connectivity index (χ1v) is 10.4. The van der Waals surface area contributed by atoms with E-state index >= 15 is 0 Å². The Kier molecular flexibility index (Phi) is 4.48. The lowest BCUT2D eigenvalue weighted by atomic mass is 9.98. The lowest BCUT2D eigenvalue weighted by Crippen LogP contribution is -2.39. The molecule has 1 aliphatic heterocycles. The molecule has 2 aromatic heterocycles. The first kappa shape index (κ1) is 17.2. The van der Waals surface area contributed by atoms with Crippen LogP contribution < -0.4 is 0 Å². The molecule has 25 heavy (non-hydrogen) atoms. The van der Waals surface area contributed by atoms with Gasteiger partial charge in [0.1, 0.15) is 6.10 Å². The highest BCUT2D eigenvalue weighted by atomic mass is 32.1. The Balaban J connectivity index is 1.57. The Labute approximate surface area is 155 Å². The molecular weight excluding hydrogens is 356 g/mol. The maximum absolute atomic E-state index is 13.1. The highest BCUT2D eigenvalue weighted by Gasteiger charge is 2.51. The van der Waals surface area contributed by atoms with Crippen molar-refractivity contribution in [3.63, 3.8) is 0 Å². The molecule has 1 saturated heterocycles. The van der Waals surface area contributed by atoms with Crippen LogP contribution >= 0.6 is 22.7 Å². The molecule has 0 aromatic carbocycles. The number of hydrogen-bond acceptors (Lipinski definition) is 6. The summed E-state index contributed by atoms with van der Waals surface area (Å²) in [6, 6.07) is 7.25. The second-order valence-corrected chi connectivity index (χ2v) is 9.08. The Bertz CT molecular complexity index is 674. The summed E-state index contributed by atoms with van der Waals surface area (Å²) >= 11 is 2.73. The summed E-state index contributed by atoms with van der Waals surface area (Å²) in [6.07, 6.45) is 1.98. The second kappa shape index (κ2) is 6.50. The number of thiophene rings is 2. The van der Waals surface area contributed by atoms with Crippen LogP contribution in [0.3, 0.4) is 0 Å². The van der Waals surface area contributed by atoms with Gasteiger partial charge in [0.15, 0.2) is 0 Å². The van der Waals surface area contributed by atoms with E-state index in [1.807, 2.05) is 22.9 Å². The normalized spacial score (nSPS) is 31.9. The number of fused-ring (bicyclic) bond motifs is 1. The predicted molar refractivity (Wildman–Crippen MR) is 97.7 cm³/mol. The van der Waals surface area contributed by atoms with Crippen molar-refractivity contribution in [3.8, 4) is 0 Å². The van der Waals surface area contributed by atoms with Gasteiger partial charge in [0.25, 0.3) is 0 Å². The SMILES string of the molecule is C[C@@H]1C[C@@H](OC(=O)C(O)(c2cccs2)c2cccs2)C[C@H](C)[C@@H]2O[C@@H]21. The molecule has 2 aliphatic rings. The standard InChI is InChI=1S/C19H22O4S2/c1-11-9-13(10-12(2)17-16(11)23-17)22-18(20)19(21,14-5-3-7-24-14)15-6-4-8-25-15/h3-8,11-13,16-17,21H,9-10H2,1-2H3/t11-,12+,13-,16-,17+. The van der Waals surface area contributed by atoms with E-state index in [9.17, 15) is 9.90 Å². The van der Waals surface area contributed by atoms with Gasteiger partial charge in [0, 0.05) is 0 Å². The third-order valence-corrected chi connectivity index (χ3v) is 7.23. The first-order chi connectivity index (χ1) is 12.0. The molecule has 0 unspecified atom stereocenters. The quantitative estimate of drug-likeness (QED) is 0.650. The number of rotatable bonds is 4. The van der Waals surface area contributed by atoms with Gasteiger partial charge in [0.2, 0.25) is 5.60 Å². The van der Waals surface area contributed by atoms with Crippen molar-refractivity contribution in [2.45, 2.75) is 50.6 Å². The van der Waals surface area contributed by atoms with Crippen molar-refractivity contribution in [2.75, 3.05) is 0 Å². The van der Waals surface area contributed by atoms with Crippen molar-refractivity contribution in [3.05, 3.63) is 44.8 Å². The van der Waals surface area contributed by atoms with E-state index in [1.54, 1.807) is 12.1 Å². The van der Waals surface area contributed by atoms with Crippen molar-refractivity contribution in [1.82, 2.24) is 0 Å². The van der Waals surface area contributed by atoms with Gasteiger partial charge in [-0.2, -0.15) is 0 Å². The van der Waals surface area contributed by atoms with E-state index in [1.165, 1.54) is 22.7 Å². The molecule has 0 spiro atoms. The lowest BCUT2D eigenvalue weighted by Gasteiger charge is -2.28. The molecule has 6 heteroatoms. The number of carbonyl (C=O) groups is 1. The van der Waals surface area contributed by atoms with E-state index in [4.69, 9.17) is 9.47 Å². The van der Waals surface area contributed by atoms with E-state index in [-0.39, 0.29) is 6.10 Å². The molecule has 0 bridgehead atoms. The van der Waals surface area contributed by atoms with Gasteiger partial charge in [-0.05, 0) is 47.6 Å². The van der Waals surface area contributed by atoms with Gasteiger partial charge in [0.05, 0.1) is 22.0 Å². The van der Waals surface area contributed by atoms with E-state index < -0.39 is 11.6 Å². The molecule has 3 heterocycles. The number of aliphatic hydroxyl groups is 1. The molecular formula is C19H22O4S2. The molecule has 0 amide bonds. The minimum absolute atomic E-state index is 0.180. The maximum Gasteiger partial charge on any atom is 0.349 e. The van der Waals surface area contributed by atoms with Crippen LogP contribution in [0.5, 0.6) is 0 Å². The van der Waals surface area contributed by atoms with Crippen LogP contribution in [0.4, 0.5) is 0 Å². The molecule has 4 rings (SSSR count). The van der Waals surface area contributed by atoms with Gasteiger partial charge >= 0.3 is 5.97 Å². The van der Waals surface area contributed by atoms with Crippen LogP contribution in [0.25, 0.3) is 0 Å². The molecule has 5 atom stereocenters. The van der Waals surface area contributed by atoms with Gasteiger partial charge in [-0.3, -0.25) is 0 Å². The number of hydrogen-bond donors (Lipinski definition) is 1. The van der Waals surface area contributed by atoms with Crippen LogP contribution in [0.15, 0.2) is 35.0 Å². The lowest BCUT2D eigenvalue weighted by molar-refractivity contribution is -0.169. The summed E-state index contributed by atoms with van der Waals surface area (Å²) in [7, 11) is 0. The Hall–Kier alpha value is -1.21. The summed E-state index contributed by atoms with van der Waals surface area (Å²) < 4.78 is 11.6. The molecule has 4 nitrogen and oxygen atoms in total. The van der Waals surface area contributed by atoms with Gasteiger partial charge < -0.3 is 14.6 Å². The largest absolute Gasteiger partial charge is 0.460 e. The Morgan fingerprint density at radius 2 is 1.64 bits per heavy atom. The fourth-order valence-corrected chi connectivity index (χ4v) is 5.58. The molecule has 2 aromatic rings. The summed E-state index contributed by atoms with van der Waals surface area (Å²) in [4.78, 5) is 14.3. The summed E-state index contributed by atoms with van der Waals surface area (Å²) in [6.45, 7) is 4.29. The first-order valence-electron chi connectivity index (χ1n) is 8.67. The van der Waals surface area contributed by atoms with Crippen molar-refractivity contribution in [2.24, 2.45) is 11.8 Å². The smallest absolute Gasteiger partial charge is 0.349 e. The zero-order chi connectivity index (χ0) is 17.6. The minimum Gasteiger partial charge on any atom is -0.460 e. The van der Waals surface area contributed by atoms with Crippen molar-refractivity contribution >= 4 is 28.6 Å². The molecule has 0 radical (unpaired) electrons. The van der Waals surface area contributed by atoms with Crippen LogP contribution in [-0.2, 0) is 19.9 Å². The van der Waals surface area contributed by atoms with E-state index in [0.29, 0.717) is 33.8 Å². The minimum atomic E-state index is -1.72. The van der Waals surface area contributed by atoms with Gasteiger partial charge in [-0.25, -0.2) is 4.79 Å². The topological polar surface area (TPSA) is 59.1 Å². The molecule has 1 aliphatic carbocycles. The second-order valence-electron chi connectivity index (χ2n) is 7.18. The molecule has 1 saturated carbocycles. The molecule has 2 fully saturated rings. The number of epoxide rings is 1. The third-order valence-electron chi connectivity index (χ3n) is 5.28. The summed E-state index contributed by atoms with van der Waals surface area (Å²) in [5, 5.41) is 15.0. The Morgan fingerprint density at radius 3 is 2.08 bits per heavy atom. The fraction of sp³-hybridized carbons (Fsp3) is 0.526. The van der Waals surface area contributed by atoms with E-state index in [0.717, 1.165) is 12.8 Å². The van der Waals surface area contributed by atoms with Crippen LogP contribution in [0, 0.1) is 11.8 Å². The number of esters is 1. The van der Waals surface area contributed by atoms with Crippen LogP contribution in [0.1, 0.15) is 36.4 Å². The molecule has 134 valence electrons. The number of carbonyl (C=O) groups excluding carboxylic acids is 1. The van der Waals surface area contributed by atoms with Gasteiger partial charge in [-0.1, -0.05) is 26.0 Å². The summed E-state index contributed by atoms with van der Waals surface area (Å²) in [5.41, 5.74) is -1.72. The fourth-order valence-electron chi connectivity index (χ4n) is 3.87. The monoisotopic (exact) mass is 378 g/mol. The van der Waals surface area contributed by atoms with Crippen molar-refractivity contribution in [1.29, 1.82) is 0 Å². The average Bonchev–Trinajstić information content (AvgIpc) is 3.01. The van der Waals surface area contributed by atoms with Gasteiger partial charge in [-0.15, -0.1) is 22.7 Å². The van der Waals surface area contributed by atoms with Crippen molar-refractivity contribution < 1.29 is 19.4 Å². The van der Waals surface area contributed by atoms with Crippen LogP contribution in [0.2, 0.25) is 0 Å². The van der Waals surface area contributed by atoms with E-state index in [2.05, 4.69) is 13.8 Å². The third kappa shape index (κ3) is 3.05. The zero-order valence-electron chi connectivity index (χ0n) is 14.3. The summed E-state index contributed by atoms with van der Waals surface area (Å²) in [5.74, 6) is 0.159. The predicted octanol–water partition coefficient (Wildman–Crippen LogP) is 3.79. The molecule has 1 N–H and O–H groups in total.